The summed E-state index contributed by atoms with van der Waals surface area (Å²) >= 11 is 0. The van der Waals surface area contributed by atoms with Gasteiger partial charge in [-0.2, -0.15) is 4.98 Å². The summed E-state index contributed by atoms with van der Waals surface area (Å²) in [5.74, 6) is -1.47. The van der Waals surface area contributed by atoms with Gasteiger partial charge in [0.15, 0.2) is 0 Å². The van der Waals surface area contributed by atoms with Crippen LogP contribution >= 0.6 is 0 Å². The Hall–Kier alpha value is -4.21. The van der Waals surface area contributed by atoms with Crippen LogP contribution in [0.15, 0.2) is 57.7 Å². The highest BCUT2D eigenvalue weighted by Gasteiger charge is 2.25. The number of rotatable bonds is 8. The Labute approximate surface area is 189 Å². The minimum atomic E-state index is -1.37. The maximum Gasteiger partial charge on any atom is 0.408 e. The first kappa shape index (κ1) is 23.5. The van der Waals surface area contributed by atoms with Gasteiger partial charge in [0.05, 0.1) is 17.3 Å². The third-order valence-electron chi connectivity index (χ3n) is 4.78. The second kappa shape index (κ2) is 10.4. The van der Waals surface area contributed by atoms with Crippen molar-refractivity contribution in [1.29, 1.82) is 0 Å². The summed E-state index contributed by atoms with van der Waals surface area (Å²) in [6, 6.07) is 12.3. The van der Waals surface area contributed by atoms with E-state index in [4.69, 9.17) is 14.9 Å². The van der Waals surface area contributed by atoms with Crippen LogP contribution in [0.4, 0.5) is 10.8 Å². The molecule has 3 aromatic rings. The topological polar surface area (TPSA) is 154 Å². The third-order valence-corrected chi connectivity index (χ3v) is 4.78. The first-order valence-corrected chi connectivity index (χ1v) is 10.2. The maximum absolute atomic E-state index is 12.7. The Morgan fingerprint density at radius 2 is 1.85 bits per heavy atom. The number of hydrogen-bond acceptors (Lipinski definition) is 7. The van der Waals surface area contributed by atoms with Crippen molar-refractivity contribution in [1.82, 2.24) is 10.3 Å². The Balaban J connectivity index is 1.73. The number of primary amides is 1. The molecule has 172 valence electrons. The molecule has 1 atom stereocenters. The van der Waals surface area contributed by atoms with E-state index in [1.165, 1.54) is 0 Å². The molecule has 2 aromatic carbocycles. The molecule has 1 heterocycles. The van der Waals surface area contributed by atoms with Gasteiger partial charge in [-0.05, 0) is 29.2 Å². The lowest BCUT2D eigenvalue weighted by Crippen LogP contribution is -2.46. The smallest absolute Gasteiger partial charge is 0.408 e. The molecule has 0 bridgehead atoms. The fourth-order valence-corrected chi connectivity index (χ4v) is 3.01. The number of fused-ring (bicyclic) bond motifs is 1. The Bertz CT molecular complexity index is 1220. The molecule has 0 saturated heterocycles. The van der Waals surface area contributed by atoms with Crippen LogP contribution in [0.5, 0.6) is 0 Å². The van der Waals surface area contributed by atoms with Gasteiger partial charge in [-0.25, -0.2) is 9.59 Å². The molecule has 0 aliphatic rings. The zero-order valence-electron chi connectivity index (χ0n) is 18.2. The van der Waals surface area contributed by atoms with E-state index in [1.54, 1.807) is 42.5 Å². The molecule has 3 rings (SSSR count). The standard InChI is InChI=1S/C23H24N4O6/c1-13(2)15-8-9-16-17(10-15)25-22(33-21(16)30)27-20(29)18(11-19(24)28)26-23(31)32-12-14-6-4-3-5-7-14/h3-10,13,18H,11-12H2,1-2H3,(H2,24,28)(H,26,31)(H,25,27,29)/t18-/m0/s1. The number of aromatic nitrogens is 1. The molecule has 0 radical (unpaired) electrons. The van der Waals surface area contributed by atoms with Gasteiger partial charge in [0.2, 0.25) is 5.91 Å². The number of anilines is 1. The monoisotopic (exact) mass is 452 g/mol. The largest absolute Gasteiger partial charge is 0.445 e. The van der Waals surface area contributed by atoms with Gasteiger partial charge >= 0.3 is 17.7 Å². The number of hydrogen-bond donors (Lipinski definition) is 3. The summed E-state index contributed by atoms with van der Waals surface area (Å²) in [6.45, 7) is 3.95. The van der Waals surface area contributed by atoms with Gasteiger partial charge in [-0.1, -0.05) is 50.2 Å². The minimum Gasteiger partial charge on any atom is -0.445 e. The molecule has 0 saturated carbocycles. The fourth-order valence-electron chi connectivity index (χ4n) is 3.01. The van der Waals surface area contributed by atoms with Crippen LogP contribution in [-0.4, -0.2) is 28.9 Å². The van der Waals surface area contributed by atoms with Crippen LogP contribution in [0, 0.1) is 0 Å². The summed E-state index contributed by atoms with van der Waals surface area (Å²) in [5, 5.41) is 4.86. The van der Waals surface area contributed by atoms with E-state index in [1.807, 2.05) is 19.9 Å². The van der Waals surface area contributed by atoms with Gasteiger partial charge in [-0.3, -0.25) is 14.9 Å². The molecule has 4 N–H and O–H groups in total. The number of nitrogens with two attached hydrogens (primary N) is 1. The second-order valence-corrected chi connectivity index (χ2v) is 7.66. The second-order valence-electron chi connectivity index (χ2n) is 7.66. The summed E-state index contributed by atoms with van der Waals surface area (Å²) in [4.78, 5) is 52.7. The number of alkyl carbamates (subject to hydrolysis) is 1. The van der Waals surface area contributed by atoms with Crippen LogP contribution in [0.25, 0.3) is 10.9 Å². The van der Waals surface area contributed by atoms with Crippen molar-refractivity contribution >= 4 is 34.8 Å². The quantitative estimate of drug-likeness (QED) is 0.474. The van der Waals surface area contributed by atoms with Crippen LogP contribution < -0.4 is 22.0 Å². The maximum atomic E-state index is 12.7. The Morgan fingerprint density at radius 3 is 2.52 bits per heavy atom. The van der Waals surface area contributed by atoms with Crippen LogP contribution in [0.1, 0.15) is 37.3 Å². The number of amides is 3. The van der Waals surface area contributed by atoms with Gasteiger partial charge in [0.25, 0.3) is 5.91 Å². The lowest BCUT2D eigenvalue weighted by molar-refractivity contribution is -0.124. The molecule has 10 heteroatoms. The predicted molar refractivity (Wildman–Crippen MR) is 120 cm³/mol. The number of ether oxygens (including phenoxy) is 1. The van der Waals surface area contributed by atoms with Gasteiger partial charge < -0.3 is 20.2 Å². The van der Waals surface area contributed by atoms with Crippen LogP contribution in [-0.2, 0) is 20.9 Å². The molecule has 0 aliphatic carbocycles. The van der Waals surface area contributed by atoms with E-state index in [2.05, 4.69) is 15.6 Å². The summed E-state index contributed by atoms with van der Waals surface area (Å²) in [7, 11) is 0. The number of carbonyl (C=O) groups is 3. The average molecular weight is 452 g/mol. The van der Waals surface area contributed by atoms with Crippen molar-refractivity contribution in [2.75, 3.05) is 5.32 Å². The number of carbonyl (C=O) groups excluding carboxylic acids is 3. The van der Waals surface area contributed by atoms with Gasteiger partial charge in [-0.15, -0.1) is 0 Å². The van der Waals surface area contributed by atoms with E-state index in [0.29, 0.717) is 5.52 Å². The molecule has 0 fully saturated rings. The van der Waals surface area contributed by atoms with Crippen molar-refractivity contribution in [3.63, 3.8) is 0 Å². The first-order valence-electron chi connectivity index (χ1n) is 10.2. The Morgan fingerprint density at radius 1 is 1.12 bits per heavy atom. The molecule has 1 aromatic heterocycles. The van der Waals surface area contributed by atoms with Gasteiger partial charge in [0.1, 0.15) is 12.6 Å². The molecule has 0 aliphatic heterocycles. The summed E-state index contributed by atoms with van der Waals surface area (Å²) < 4.78 is 10.1. The Kier molecular flexibility index (Phi) is 7.39. The van der Waals surface area contributed by atoms with Crippen molar-refractivity contribution in [3.05, 3.63) is 70.1 Å². The zero-order chi connectivity index (χ0) is 24.0. The normalized spacial score (nSPS) is 11.7. The molecular formula is C23H24N4O6. The van der Waals surface area contributed by atoms with Crippen molar-refractivity contribution < 1.29 is 23.5 Å². The zero-order valence-corrected chi connectivity index (χ0v) is 18.2. The van der Waals surface area contributed by atoms with Crippen molar-refractivity contribution in [3.8, 4) is 0 Å². The molecule has 0 spiro atoms. The summed E-state index contributed by atoms with van der Waals surface area (Å²) in [6.07, 6.45) is -1.42. The van der Waals surface area contributed by atoms with Crippen LogP contribution in [0.3, 0.4) is 0 Å². The average Bonchev–Trinajstić information content (AvgIpc) is 2.77. The first-order chi connectivity index (χ1) is 15.7. The fraction of sp³-hybridized carbons (Fsp3) is 0.261. The highest BCUT2D eigenvalue weighted by atomic mass is 16.5. The predicted octanol–water partition coefficient (Wildman–Crippen LogP) is 2.42. The lowest BCUT2D eigenvalue weighted by atomic mass is 10.0. The minimum absolute atomic E-state index is 0.0309. The van der Waals surface area contributed by atoms with E-state index in [0.717, 1.165) is 11.1 Å². The highest BCUT2D eigenvalue weighted by molar-refractivity contribution is 5.98. The van der Waals surface area contributed by atoms with E-state index in [9.17, 15) is 19.2 Å². The molecule has 10 nitrogen and oxygen atoms in total. The van der Waals surface area contributed by atoms with Gasteiger partial charge in [0, 0.05) is 0 Å². The van der Waals surface area contributed by atoms with Crippen molar-refractivity contribution in [2.45, 2.75) is 38.8 Å². The SMILES string of the molecule is CC(C)c1ccc2c(=O)oc(NC(=O)[C@H](CC(N)=O)NC(=O)OCc3ccccc3)nc2c1. The number of nitrogens with one attached hydrogen (secondary N) is 2. The van der Waals surface area contributed by atoms with E-state index >= 15 is 0 Å². The third kappa shape index (κ3) is 6.39. The number of benzene rings is 2. The molecular weight excluding hydrogens is 428 g/mol. The van der Waals surface area contributed by atoms with E-state index < -0.39 is 36.0 Å². The highest BCUT2D eigenvalue weighted by Crippen LogP contribution is 2.19. The van der Waals surface area contributed by atoms with Crippen LogP contribution in [0.2, 0.25) is 0 Å². The summed E-state index contributed by atoms with van der Waals surface area (Å²) in [5.41, 5.74) is 6.56. The van der Waals surface area contributed by atoms with E-state index in [-0.39, 0.29) is 23.9 Å². The lowest BCUT2D eigenvalue weighted by Gasteiger charge is -2.16. The number of nitrogens with zero attached hydrogens (tertiary/aromatic N) is 1. The van der Waals surface area contributed by atoms with Crippen molar-refractivity contribution in [2.24, 2.45) is 5.73 Å². The molecule has 3 amide bonds. The molecule has 0 unspecified atom stereocenters. The molecule has 33 heavy (non-hydrogen) atoms.